The summed E-state index contributed by atoms with van der Waals surface area (Å²) in [5, 5.41) is 9.27. The lowest BCUT2D eigenvalue weighted by Crippen LogP contribution is -2.01. The number of nitrogens with zero attached hydrogens (tertiary/aromatic N) is 2. The molecule has 0 unspecified atom stereocenters. The second-order valence-corrected chi connectivity index (χ2v) is 11.1. The van der Waals surface area contributed by atoms with Crippen molar-refractivity contribution in [1.82, 2.24) is 0 Å². The molecule has 2 heteroatoms. The Labute approximate surface area is 245 Å². The summed E-state index contributed by atoms with van der Waals surface area (Å²) in [4.78, 5) is 0. The smallest absolute Gasteiger partial charge is 0.0865 e. The molecule has 0 saturated carbocycles. The quantitative estimate of drug-likeness (QED) is 0.153. The predicted molar refractivity (Wildman–Crippen MR) is 176 cm³/mol. The molecule has 0 aliphatic rings. The summed E-state index contributed by atoms with van der Waals surface area (Å²) >= 11 is 0. The Balaban J connectivity index is 1.95. The predicted octanol–water partition coefficient (Wildman–Crippen LogP) is 12.0. The Hall–Kier alpha value is -3.00. The van der Waals surface area contributed by atoms with Crippen molar-refractivity contribution < 1.29 is 0 Å². The van der Waals surface area contributed by atoms with E-state index < -0.39 is 0 Å². The molecule has 0 N–H and O–H groups in total. The summed E-state index contributed by atoms with van der Waals surface area (Å²) in [5.74, 6) is 0. The van der Waals surface area contributed by atoms with E-state index in [1.165, 1.54) is 90.3 Å². The molecule has 3 aromatic rings. The van der Waals surface area contributed by atoms with Crippen LogP contribution in [0.1, 0.15) is 119 Å². The third-order valence-corrected chi connectivity index (χ3v) is 7.91. The van der Waals surface area contributed by atoms with Gasteiger partial charge < -0.3 is 0 Å². The van der Waals surface area contributed by atoms with Crippen LogP contribution in [0.4, 0.5) is 5.69 Å². The Bertz CT molecular complexity index is 1190. The number of azo groups is 1. The van der Waals surface area contributed by atoms with E-state index in [9.17, 15) is 0 Å². The van der Waals surface area contributed by atoms with Crippen LogP contribution in [0, 0.1) is 0 Å². The van der Waals surface area contributed by atoms with Gasteiger partial charge in [-0.15, -0.1) is 0 Å². The summed E-state index contributed by atoms with van der Waals surface area (Å²) in [7, 11) is 0. The summed E-state index contributed by atoms with van der Waals surface area (Å²) in [6.45, 7) is 11.4. The van der Waals surface area contributed by atoms with E-state index in [4.69, 9.17) is 5.11 Å². The molecule has 3 rings (SSSR count). The molecule has 40 heavy (non-hydrogen) atoms. The number of rotatable bonds is 17. The highest BCUT2D eigenvalue weighted by atomic mass is 15.1. The van der Waals surface area contributed by atoms with Crippen LogP contribution in [0.3, 0.4) is 0 Å². The van der Waals surface area contributed by atoms with E-state index in [-0.39, 0.29) is 0 Å². The van der Waals surface area contributed by atoms with Gasteiger partial charge in [-0.05, 0) is 121 Å². The summed E-state index contributed by atoms with van der Waals surface area (Å²) in [6.07, 6.45) is 19.4. The summed E-state index contributed by atoms with van der Waals surface area (Å²) in [6, 6.07) is 20.1. The molecular weight excluding hydrogens is 484 g/mol. The Morgan fingerprint density at radius 3 is 1.70 bits per heavy atom. The van der Waals surface area contributed by atoms with Crippen molar-refractivity contribution in [3.63, 3.8) is 0 Å². The molecule has 0 spiro atoms. The maximum Gasteiger partial charge on any atom is 0.0865 e. The molecule has 0 saturated heterocycles. The fourth-order valence-corrected chi connectivity index (χ4v) is 5.66. The van der Waals surface area contributed by atoms with E-state index in [2.05, 4.69) is 100 Å². The maximum atomic E-state index is 4.71. The van der Waals surface area contributed by atoms with Gasteiger partial charge in [-0.1, -0.05) is 103 Å². The topological polar surface area (TPSA) is 24.7 Å². The van der Waals surface area contributed by atoms with Gasteiger partial charge in [0.1, 0.15) is 0 Å². The van der Waals surface area contributed by atoms with E-state index >= 15 is 0 Å². The van der Waals surface area contributed by atoms with Gasteiger partial charge in [-0.25, -0.2) is 0 Å². The normalized spacial score (nSPS) is 11.7. The van der Waals surface area contributed by atoms with Crippen LogP contribution in [0.15, 0.2) is 71.0 Å². The van der Waals surface area contributed by atoms with Crippen LogP contribution in [0.2, 0.25) is 0 Å². The second-order valence-electron chi connectivity index (χ2n) is 11.1. The van der Waals surface area contributed by atoms with Crippen LogP contribution in [-0.4, -0.2) is 0 Å². The van der Waals surface area contributed by atoms with E-state index in [0.29, 0.717) is 0 Å². The van der Waals surface area contributed by atoms with Crippen molar-refractivity contribution in [1.29, 1.82) is 0 Å². The van der Waals surface area contributed by atoms with Crippen LogP contribution < -0.4 is 0 Å². The maximum absolute atomic E-state index is 4.71. The van der Waals surface area contributed by atoms with Gasteiger partial charge in [0, 0.05) is 0 Å². The van der Waals surface area contributed by atoms with Gasteiger partial charge in [0.05, 0.1) is 11.9 Å². The molecule has 3 aromatic carbocycles. The molecule has 0 atom stereocenters. The SMILES string of the molecule is CCCCc1cc(C=CN=Nc2cc(CCCC)c(CCCC)c(-c3ccccc3)c2)cc(CCCC)c1CC. The third kappa shape index (κ3) is 9.29. The first-order valence-corrected chi connectivity index (χ1v) is 16.1. The molecule has 0 bridgehead atoms. The zero-order chi connectivity index (χ0) is 28.6. The zero-order valence-electron chi connectivity index (χ0n) is 25.9. The largest absolute Gasteiger partial charge is 0.159 e. The fraction of sp³-hybridized carbons (Fsp3) is 0.474. The molecule has 214 valence electrons. The molecule has 0 aliphatic carbocycles. The highest BCUT2D eigenvalue weighted by Crippen LogP contribution is 2.34. The van der Waals surface area contributed by atoms with Crippen molar-refractivity contribution >= 4 is 11.8 Å². The number of benzene rings is 3. The van der Waals surface area contributed by atoms with E-state index in [1.807, 2.05) is 6.20 Å². The van der Waals surface area contributed by atoms with E-state index in [1.54, 1.807) is 5.56 Å². The first kappa shape index (κ1) is 31.5. The first-order chi connectivity index (χ1) is 19.6. The Kier molecular flexibility index (Phi) is 13.9. The average Bonchev–Trinajstić information content (AvgIpc) is 2.99. The van der Waals surface area contributed by atoms with Crippen molar-refractivity contribution in [2.24, 2.45) is 10.2 Å². The lowest BCUT2D eigenvalue weighted by atomic mass is 9.89. The highest BCUT2D eigenvalue weighted by Gasteiger charge is 2.13. The molecule has 0 aromatic heterocycles. The van der Waals surface area contributed by atoms with E-state index in [0.717, 1.165) is 37.8 Å². The summed E-state index contributed by atoms with van der Waals surface area (Å²) < 4.78 is 0. The minimum absolute atomic E-state index is 0.948. The Morgan fingerprint density at radius 1 is 0.600 bits per heavy atom. The Morgan fingerprint density at radius 2 is 1.15 bits per heavy atom. The van der Waals surface area contributed by atoms with Gasteiger partial charge in [0.15, 0.2) is 0 Å². The number of aryl methyl sites for hydroxylation is 3. The van der Waals surface area contributed by atoms with Crippen molar-refractivity contribution in [2.45, 2.75) is 118 Å². The lowest BCUT2D eigenvalue weighted by Gasteiger charge is -2.16. The fourth-order valence-electron chi connectivity index (χ4n) is 5.66. The molecule has 0 amide bonds. The van der Waals surface area contributed by atoms with Crippen molar-refractivity contribution in [3.05, 3.63) is 94.2 Å². The van der Waals surface area contributed by atoms with Crippen molar-refractivity contribution in [2.75, 3.05) is 0 Å². The minimum Gasteiger partial charge on any atom is -0.159 e. The van der Waals surface area contributed by atoms with Gasteiger partial charge in [0.2, 0.25) is 0 Å². The first-order valence-electron chi connectivity index (χ1n) is 16.1. The highest BCUT2D eigenvalue weighted by molar-refractivity contribution is 5.72. The van der Waals surface area contributed by atoms with Gasteiger partial charge >= 0.3 is 0 Å². The molecule has 2 nitrogen and oxygen atoms in total. The second kappa shape index (κ2) is 17.6. The molecule has 0 heterocycles. The van der Waals surface area contributed by atoms with Gasteiger partial charge in [-0.2, -0.15) is 10.2 Å². The average molecular weight is 537 g/mol. The van der Waals surface area contributed by atoms with Crippen molar-refractivity contribution in [3.8, 4) is 11.1 Å². The molecule has 0 aliphatic heterocycles. The number of hydrogen-bond acceptors (Lipinski definition) is 2. The van der Waals surface area contributed by atoms with Crippen LogP contribution in [0.25, 0.3) is 17.2 Å². The molecule has 0 radical (unpaired) electrons. The zero-order valence-corrected chi connectivity index (χ0v) is 25.9. The monoisotopic (exact) mass is 536 g/mol. The summed E-state index contributed by atoms with van der Waals surface area (Å²) in [5.41, 5.74) is 12.3. The third-order valence-electron chi connectivity index (χ3n) is 7.91. The number of unbranched alkanes of at least 4 members (excludes halogenated alkanes) is 4. The van der Waals surface area contributed by atoms with Crippen LogP contribution in [-0.2, 0) is 32.1 Å². The van der Waals surface area contributed by atoms with Crippen LogP contribution >= 0.6 is 0 Å². The number of hydrogen-bond donors (Lipinski definition) is 0. The van der Waals surface area contributed by atoms with Crippen LogP contribution in [0.5, 0.6) is 0 Å². The molecule has 0 fully saturated rings. The van der Waals surface area contributed by atoms with Gasteiger partial charge in [0.25, 0.3) is 0 Å². The lowest BCUT2D eigenvalue weighted by molar-refractivity contribution is 0.759. The standard InChI is InChI=1S/C38H52N2/c1-6-11-18-32-26-30(27-33(19-12-7-2)36(32)10-5)24-25-39-40-35-28-34(20-13-8-3)37(23-14-9-4)38(29-35)31-21-16-15-17-22-31/h15-17,21-22,24-29H,6-14,18-20,23H2,1-5H3. The molecular formula is C38H52N2. The minimum atomic E-state index is 0.948. The van der Waals surface area contributed by atoms with Gasteiger partial charge in [-0.3, -0.25) is 0 Å².